The third-order valence-electron chi connectivity index (χ3n) is 6.00. The van der Waals surface area contributed by atoms with Crippen LogP contribution in [0.15, 0.2) is 64.2 Å². The van der Waals surface area contributed by atoms with Gasteiger partial charge in [-0.3, -0.25) is 14.5 Å². The highest BCUT2D eigenvalue weighted by atomic mass is 35.5. The molecule has 5 heterocycles. The van der Waals surface area contributed by atoms with Crippen molar-refractivity contribution in [2.45, 2.75) is 27.6 Å². The van der Waals surface area contributed by atoms with Gasteiger partial charge >= 0.3 is 18.1 Å². The lowest BCUT2D eigenvalue weighted by Crippen LogP contribution is -2.70. The van der Waals surface area contributed by atoms with Gasteiger partial charge in [0.25, 0.3) is 23.0 Å². The zero-order valence-corrected chi connectivity index (χ0v) is 27.1. The number of carboxylic acids is 2. The summed E-state index contributed by atoms with van der Waals surface area (Å²) >= 11 is 15.8. The van der Waals surface area contributed by atoms with E-state index < -0.39 is 35.4 Å². The van der Waals surface area contributed by atoms with Crippen LogP contribution in [-0.2, 0) is 26.2 Å². The second-order valence-corrected chi connectivity index (χ2v) is 13.0. The standard InChI is InChI=1S/C23H19Cl2N7O4S3.C2HF3O2/c1-30-11-27-32-17(30)4-5-26-23(32)37-6-2-3-12-9-39-21-18(20(34)31(21)19(12)22(35)36)29-16(33)10-38-13-7-14(24)28-15(25)8-13;3-2(4,5)1(6)7/h2-5,7-8,11,18,21H,6,9-10H2,1H3,(H-,29,33,35,36);(H,6,7)/p+1/b3-2+;/t18-,21?;/m1./s1. The number of allylic oxidation sites excluding steroid dienone is 1. The minimum atomic E-state index is -5.08. The van der Waals surface area contributed by atoms with E-state index in [0.29, 0.717) is 27.1 Å². The molecule has 3 N–H and O–H groups in total. The lowest BCUT2D eigenvalue weighted by molar-refractivity contribution is -0.646. The SMILES string of the molecule is C[n+]1cnn2c(SC/C=C/C3=C(C(=O)O)N4C(=O)[C@@H](NC(=O)CSc5cc(Cl)nc(Cl)c5)C4SC3)nccc21.O=C(O)C(F)(F)F. The molecule has 13 nitrogen and oxygen atoms in total. The summed E-state index contributed by atoms with van der Waals surface area (Å²) < 4.78 is 35.3. The molecule has 46 heavy (non-hydrogen) atoms. The Labute approximate surface area is 280 Å². The van der Waals surface area contributed by atoms with E-state index >= 15 is 0 Å². The first kappa shape index (κ1) is 35.3. The lowest BCUT2D eigenvalue weighted by atomic mass is 10.0. The number of aromatic nitrogens is 5. The average molecular weight is 740 g/mol. The van der Waals surface area contributed by atoms with Gasteiger partial charge in [0.2, 0.25) is 5.91 Å². The summed E-state index contributed by atoms with van der Waals surface area (Å²) in [6.45, 7) is 0. The number of alkyl halides is 3. The number of aliphatic carboxylic acids is 2. The van der Waals surface area contributed by atoms with Crippen LogP contribution >= 0.6 is 58.5 Å². The summed E-state index contributed by atoms with van der Waals surface area (Å²) in [7, 11) is 1.89. The van der Waals surface area contributed by atoms with Gasteiger partial charge in [-0.15, -0.1) is 23.5 Å². The predicted octanol–water partition coefficient (Wildman–Crippen LogP) is 3.07. The van der Waals surface area contributed by atoms with Crippen LogP contribution in [0.5, 0.6) is 0 Å². The van der Waals surface area contributed by atoms with Crippen molar-refractivity contribution >= 4 is 87.9 Å². The summed E-state index contributed by atoms with van der Waals surface area (Å²) in [5.74, 6) is -3.82. The highest BCUT2D eigenvalue weighted by molar-refractivity contribution is 8.00. The molecule has 0 radical (unpaired) electrons. The van der Waals surface area contributed by atoms with E-state index in [1.165, 1.54) is 40.2 Å². The molecule has 2 atom stereocenters. The van der Waals surface area contributed by atoms with Crippen molar-refractivity contribution in [2.24, 2.45) is 7.05 Å². The number of hydrogen-bond donors (Lipinski definition) is 3. The molecule has 1 saturated heterocycles. The number of nitrogens with one attached hydrogen (secondary N) is 1. The average Bonchev–Trinajstić information content (AvgIpc) is 3.37. The van der Waals surface area contributed by atoms with Crippen molar-refractivity contribution < 1.29 is 47.1 Å². The van der Waals surface area contributed by atoms with Crippen molar-refractivity contribution in [1.82, 2.24) is 29.8 Å². The summed E-state index contributed by atoms with van der Waals surface area (Å²) in [4.78, 5) is 56.6. The predicted molar refractivity (Wildman–Crippen MR) is 162 cm³/mol. The molecule has 0 spiro atoms. The number of fused-ring (bicyclic) bond motifs is 2. The number of pyridine rings is 1. The Hall–Kier alpha value is -3.52. The van der Waals surface area contributed by atoms with Crippen LogP contribution in [0.4, 0.5) is 13.2 Å². The molecule has 0 aromatic carbocycles. The van der Waals surface area contributed by atoms with E-state index in [0.717, 1.165) is 5.65 Å². The smallest absolute Gasteiger partial charge is 0.477 e. The fraction of sp³-hybridized carbons (Fsp3) is 0.280. The minimum Gasteiger partial charge on any atom is -0.477 e. The molecular formula is C25H21Cl2F3N7O6S3+. The summed E-state index contributed by atoms with van der Waals surface area (Å²) in [5.41, 5.74) is 1.36. The number of carbonyl (C=O) groups excluding carboxylic acids is 2. The van der Waals surface area contributed by atoms with Crippen molar-refractivity contribution in [2.75, 3.05) is 17.3 Å². The Morgan fingerprint density at radius 3 is 2.52 bits per heavy atom. The quantitative estimate of drug-likeness (QED) is 0.0966. The van der Waals surface area contributed by atoms with E-state index in [9.17, 15) is 32.7 Å². The lowest BCUT2D eigenvalue weighted by Gasteiger charge is -2.49. The maximum Gasteiger partial charge on any atom is 0.490 e. The van der Waals surface area contributed by atoms with Crippen LogP contribution in [0.2, 0.25) is 10.3 Å². The Morgan fingerprint density at radius 1 is 1.22 bits per heavy atom. The number of halogens is 5. The summed E-state index contributed by atoms with van der Waals surface area (Å²) in [6.07, 6.45) is 1.89. The number of β-lactam (4-membered cyclic amide) rings is 1. The second-order valence-electron chi connectivity index (χ2n) is 9.13. The van der Waals surface area contributed by atoms with E-state index in [4.69, 9.17) is 33.1 Å². The third-order valence-corrected chi connectivity index (χ3v) is 9.56. The molecule has 244 valence electrons. The van der Waals surface area contributed by atoms with Crippen molar-refractivity contribution in [1.29, 1.82) is 0 Å². The van der Waals surface area contributed by atoms with Gasteiger partial charge in [-0.05, 0) is 22.2 Å². The Morgan fingerprint density at radius 2 is 1.89 bits per heavy atom. The molecule has 5 rings (SSSR count). The molecular weight excluding hydrogens is 718 g/mol. The number of rotatable bonds is 9. The number of carboxylic acid groups (broad SMARTS) is 2. The van der Waals surface area contributed by atoms with Crippen LogP contribution in [0.25, 0.3) is 5.65 Å². The first-order chi connectivity index (χ1) is 21.7. The molecule has 2 amide bonds. The van der Waals surface area contributed by atoms with Gasteiger partial charge in [0, 0.05) is 33.8 Å². The minimum absolute atomic E-state index is 0.0322. The second kappa shape index (κ2) is 14.9. The van der Waals surface area contributed by atoms with E-state index in [2.05, 4.69) is 20.4 Å². The normalized spacial score (nSPS) is 17.8. The van der Waals surface area contributed by atoms with Gasteiger partial charge in [-0.1, -0.05) is 47.1 Å². The maximum atomic E-state index is 12.9. The molecule has 21 heteroatoms. The number of hydrogen-bond acceptors (Lipinski definition) is 10. The zero-order chi connectivity index (χ0) is 33.8. The maximum absolute atomic E-state index is 12.9. The van der Waals surface area contributed by atoms with Crippen molar-refractivity contribution in [3.8, 4) is 0 Å². The highest BCUT2D eigenvalue weighted by Crippen LogP contribution is 2.40. The molecule has 0 bridgehead atoms. The molecule has 1 fully saturated rings. The molecule has 1 unspecified atom stereocenters. The molecule has 3 aromatic heterocycles. The number of aryl methyl sites for hydroxylation is 1. The number of nitrogens with zero attached hydrogens (tertiary/aromatic N) is 6. The molecule has 2 aliphatic rings. The fourth-order valence-electron chi connectivity index (χ4n) is 4.03. The van der Waals surface area contributed by atoms with Crippen LogP contribution in [0, 0.1) is 0 Å². The largest absolute Gasteiger partial charge is 0.490 e. The van der Waals surface area contributed by atoms with Crippen LogP contribution in [0.3, 0.4) is 0 Å². The molecule has 0 saturated carbocycles. The monoisotopic (exact) mass is 738 g/mol. The van der Waals surface area contributed by atoms with E-state index in [-0.39, 0.29) is 27.7 Å². The molecule has 3 aromatic rings. The topological polar surface area (TPSA) is 171 Å². The molecule has 0 aliphatic carbocycles. The van der Waals surface area contributed by atoms with Gasteiger partial charge in [0.1, 0.15) is 27.4 Å². The third kappa shape index (κ3) is 8.44. The first-order valence-corrected chi connectivity index (χ1v) is 16.4. The van der Waals surface area contributed by atoms with E-state index in [1.807, 2.05) is 23.8 Å². The number of thioether (sulfide) groups is 3. The van der Waals surface area contributed by atoms with Crippen LogP contribution in [0.1, 0.15) is 0 Å². The zero-order valence-electron chi connectivity index (χ0n) is 23.1. The van der Waals surface area contributed by atoms with Crippen molar-refractivity contribution in [3.63, 3.8) is 0 Å². The fourth-order valence-corrected chi connectivity index (χ4v) is 7.45. The van der Waals surface area contributed by atoms with Crippen molar-refractivity contribution in [3.05, 3.63) is 64.5 Å². The highest BCUT2D eigenvalue weighted by Gasteiger charge is 2.53. The molecule has 2 aliphatic heterocycles. The van der Waals surface area contributed by atoms with Gasteiger partial charge < -0.3 is 15.5 Å². The number of carbonyl (C=O) groups is 4. The van der Waals surface area contributed by atoms with Gasteiger partial charge in [0.15, 0.2) is 0 Å². The van der Waals surface area contributed by atoms with E-state index in [1.54, 1.807) is 35.2 Å². The Balaban J connectivity index is 0.000000617. The number of amides is 2. The van der Waals surface area contributed by atoms with Gasteiger partial charge in [-0.2, -0.15) is 13.2 Å². The van der Waals surface area contributed by atoms with Gasteiger partial charge in [-0.25, -0.2) is 24.1 Å². The summed E-state index contributed by atoms with van der Waals surface area (Å²) in [6, 6.07) is 4.23. The Kier molecular flexibility index (Phi) is 11.5. The summed E-state index contributed by atoms with van der Waals surface area (Å²) in [5, 5.41) is 24.7. The Bertz CT molecular complexity index is 1740. The van der Waals surface area contributed by atoms with Crippen LogP contribution in [-0.4, -0.2) is 93.3 Å². The first-order valence-electron chi connectivity index (χ1n) is 12.6. The van der Waals surface area contributed by atoms with Crippen LogP contribution < -0.4 is 9.88 Å². The van der Waals surface area contributed by atoms with Gasteiger partial charge in [0.05, 0.1) is 12.8 Å².